The van der Waals surface area contributed by atoms with Gasteiger partial charge < -0.3 is 20.5 Å². The number of nitrogens with one attached hydrogen (secondary N) is 1. The monoisotopic (exact) mass is 288 g/mol. The molecule has 0 unspecified atom stereocenters. The fourth-order valence-corrected chi connectivity index (χ4v) is 1.37. The summed E-state index contributed by atoms with van der Waals surface area (Å²) in [6.45, 7) is 0.165. The van der Waals surface area contributed by atoms with Gasteiger partial charge in [-0.05, 0) is 24.3 Å². The number of ether oxygens (including phenoxy) is 2. The van der Waals surface area contributed by atoms with Gasteiger partial charge in [-0.3, -0.25) is 4.79 Å². The van der Waals surface area contributed by atoms with Gasteiger partial charge in [0.2, 0.25) is 5.91 Å². The van der Waals surface area contributed by atoms with Gasteiger partial charge in [-0.2, -0.15) is 0 Å². The second-order valence-electron chi connectivity index (χ2n) is 3.93. The minimum Gasteiger partial charge on any atom is -0.492 e. The summed E-state index contributed by atoms with van der Waals surface area (Å²) in [7, 11) is 0. The molecule has 3 N–H and O–H groups in total. The first kappa shape index (κ1) is 16.3. The molecule has 20 heavy (non-hydrogen) atoms. The molecule has 112 valence electrons. The first-order chi connectivity index (χ1) is 9.61. The smallest absolute Gasteiger partial charge is 0.261 e. The highest BCUT2D eigenvalue weighted by molar-refractivity contribution is 5.90. The Kier molecular flexibility index (Phi) is 7.52. The van der Waals surface area contributed by atoms with Crippen molar-refractivity contribution in [2.45, 2.75) is 12.8 Å². The zero-order valence-electron chi connectivity index (χ0n) is 11.0. The highest BCUT2D eigenvalue weighted by Gasteiger charge is 2.05. The predicted octanol–water partition coefficient (Wildman–Crippen LogP) is 1.63. The van der Waals surface area contributed by atoms with Crippen molar-refractivity contribution in [3.05, 3.63) is 24.3 Å². The molecule has 0 bridgehead atoms. The summed E-state index contributed by atoms with van der Waals surface area (Å²) < 4.78 is 33.5. The lowest BCUT2D eigenvalue weighted by molar-refractivity contribution is -0.117. The summed E-state index contributed by atoms with van der Waals surface area (Å²) in [5.74, 6) is 0.364. The van der Waals surface area contributed by atoms with Crippen LogP contribution in [0.15, 0.2) is 24.3 Å². The van der Waals surface area contributed by atoms with Gasteiger partial charge in [-0.15, -0.1) is 0 Å². The molecule has 5 nitrogen and oxygen atoms in total. The summed E-state index contributed by atoms with van der Waals surface area (Å²) >= 11 is 0. The van der Waals surface area contributed by atoms with E-state index in [1.807, 2.05) is 0 Å². The van der Waals surface area contributed by atoms with Gasteiger partial charge in [0.05, 0.1) is 13.0 Å². The van der Waals surface area contributed by atoms with Gasteiger partial charge in [0, 0.05) is 12.2 Å². The molecule has 0 aliphatic heterocycles. The summed E-state index contributed by atoms with van der Waals surface area (Å²) in [5.41, 5.74) is 5.91. The van der Waals surface area contributed by atoms with E-state index in [9.17, 15) is 13.6 Å². The number of hydrogen-bond donors (Lipinski definition) is 2. The lowest BCUT2D eigenvalue weighted by atomic mass is 10.3. The summed E-state index contributed by atoms with van der Waals surface area (Å²) in [6.07, 6.45) is -2.49. The number of nitrogens with two attached hydrogens (primary N) is 1. The van der Waals surface area contributed by atoms with E-state index in [0.717, 1.165) is 0 Å². The molecule has 0 aromatic heterocycles. The van der Waals surface area contributed by atoms with Crippen LogP contribution < -0.4 is 15.8 Å². The SMILES string of the molecule is NCCOc1ccc(NC(=O)CCOCC(F)F)cc1. The summed E-state index contributed by atoms with van der Waals surface area (Å²) in [6, 6.07) is 6.78. The van der Waals surface area contributed by atoms with Gasteiger partial charge in [-0.1, -0.05) is 0 Å². The van der Waals surface area contributed by atoms with E-state index in [-0.39, 0.29) is 18.9 Å². The maximum absolute atomic E-state index is 11.8. The molecule has 1 rings (SSSR count). The van der Waals surface area contributed by atoms with Crippen molar-refractivity contribution in [1.29, 1.82) is 0 Å². The van der Waals surface area contributed by atoms with Crippen molar-refractivity contribution in [2.75, 3.05) is 31.7 Å². The number of carbonyl (C=O) groups excluding carboxylic acids is 1. The van der Waals surface area contributed by atoms with Gasteiger partial charge in [-0.25, -0.2) is 8.78 Å². The van der Waals surface area contributed by atoms with Gasteiger partial charge in [0.1, 0.15) is 19.0 Å². The van der Waals surface area contributed by atoms with Crippen molar-refractivity contribution in [1.82, 2.24) is 0 Å². The van der Waals surface area contributed by atoms with E-state index in [1.165, 1.54) is 0 Å². The zero-order chi connectivity index (χ0) is 14.8. The minimum absolute atomic E-state index is 0.0259. The lowest BCUT2D eigenvalue weighted by Crippen LogP contribution is -2.15. The van der Waals surface area contributed by atoms with Crippen LogP contribution in [0.1, 0.15) is 6.42 Å². The molecule has 0 fully saturated rings. The Bertz CT molecular complexity index is 399. The third kappa shape index (κ3) is 7.01. The molecule has 0 atom stereocenters. The molecule has 0 aliphatic carbocycles. The number of benzene rings is 1. The molecule has 0 aliphatic rings. The van der Waals surface area contributed by atoms with Crippen LogP contribution >= 0.6 is 0 Å². The summed E-state index contributed by atoms with van der Waals surface area (Å²) in [5, 5.41) is 2.63. The average molecular weight is 288 g/mol. The van der Waals surface area contributed by atoms with Crippen molar-refractivity contribution < 1.29 is 23.0 Å². The second kappa shape index (κ2) is 9.22. The van der Waals surface area contributed by atoms with E-state index < -0.39 is 13.0 Å². The second-order valence-corrected chi connectivity index (χ2v) is 3.93. The molecule has 0 heterocycles. The maximum Gasteiger partial charge on any atom is 0.261 e. The average Bonchev–Trinajstić information content (AvgIpc) is 2.43. The van der Waals surface area contributed by atoms with Gasteiger partial charge in [0.15, 0.2) is 0 Å². The minimum atomic E-state index is -2.51. The Hall–Kier alpha value is -1.73. The Morgan fingerprint density at radius 3 is 2.55 bits per heavy atom. The van der Waals surface area contributed by atoms with Crippen molar-refractivity contribution in [3.8, 4) is 5.75 Å². The van der Waals surface area contributed by atoms with Crippen LogP contribution in [0.25, 0.3) is 0 Å². The van der Waals surface area contributed by atoms with Gasteiger partial charge in [0.25, 0.3) is 6.43 Å². The highest BCUT2D eigenvalue weighted by atomic mass is 19.3. The van der Waals surface area contributed by atoms with E-state index in [2.05, 4.69) is 10.1 Å². The number of anilines is 1. The van der Waals surface area contributed by atoms with Crippen molar-refractivity contribution in [3.63, 3.8) is 0 Å². The standard InChI is InChI=1S/C13H18F2N2O3/c14-12(15)9-19-7-5-13(18)17-10-1-3-11(4-2-10)20-8-6-16/h1-4,12H,5-9,16H2,(H,17,18). The van der Waals surface area contributed by atoms with E-state index >= 15 is 0 Å². The molecule has 0 saturated heterocycles. The Morgan fingerprint density at radius 1 is 1.25 bits per heavy atom. The van der Waals surface area contributed by atoms with Crippen LogP contribution in [0.4, 0.5) is 14.5 Å². The Morgan fingerprint density at radius 2 is 1.95 bits per heavy atom. The number of alkyl halides is 2. The number of carbonyl (C=O) groups is 1. The molecular weight excluding hydrogens is 270 g/mol. The number of halogens is 2. The molecule has 0 spiro atoms. The van der Waals surface area contributed by atoms with Crippen LogP contribution in [0.2, 0.25) is 0 Å². The Balaban J connectivity index is 2.27. The molecule has 1 aromatic carbocycles. The van der Waals surface area contributed by atoms with Crippen molar-refractivity contribution in [2.24, 2.45) is 5.73 Å². The molecule has 1 aromatic rings. The highest BCUT2D eigenvalue weighted by Crippen LogP contribution is 2.15. The molecular formula is C13H18F2N2O3. The molecule has 1 amide bonds. The Labute approximate surface area is 116 Å². The third-order valence-corrected chi connectivity index (χ3v) is 2.24. The lowest BCUT2D eigenvalue weighted by Gasteiger charge is -2.08. The fraction of sp³-hybridized carbons (Fsp3) is 0.462. The third-order valence-electron chi connectivity index (χ3n) is 2.24. The van der Waals surface area contributed by atoms with Crippen LogP contribution in [0, 0.1) is 0 Å². The number of rotatable bonds is 9. The van der Waals surface area contributed by atoms with Crippen molar-refractivity contribution >= 4 is 11.6 Å². The van der Waals surface area contributed by atoms with E-state index in [1.54, 1.807) is 24.3 Å². The van der Waals surface area contributed by atoms with E-state index in [0.29, 0.717) is 24.6 Å². The molecule has 0 radical (unpaired) electrons. The van der Waals surface area contributed by atoms with Crippen LogP contribution in [-0.2, 0) is 9.53 Å². The molecule has 0 saturated carbocycles. The van der Waals surface area contributed by atoms with Crippen LogP contribution in [-0.4, -0.2) is 38.7 Å². The normalized spacial score (nSPS) is 10.6. The van der Waals surface area contributed by atoms with E-state index in [4.69, 9.17) is 10.5 Å². The van der Waals surface area contributed by atoms with Gasteiger partial charge >= 0.3 is 0 Å². The first-order valence-corrected chi connectivity index (χ1v) is 6.20. The first-order valence-electron chi connectivity index (χ1n) is 6.20. The van der Waals surface area contributed by atoms with Crippen LogP contribution in [0.3, 0.4) is 0 Å². The zero-order valence-corrected chi connectivity index (χ0v) is 11.0. The fourth-order valence-electron chi connectivity index (χ4n) is 1.37. The number of hydrogen-bond acceptors (Lipinski definition) is 4. The number of amides is 1. The quantitative estimate of drug-likeness (QED) is 0.677. The largest absolute Gasteiger partial charge is 0.492 e. The topological polar surface area (TPSA) is 73.6 Å². The van der Waals surface area contributed by atoms with Crippen LogP contribution in [0.5, 0.6) is 5.75 Å². The maximum atomic E-state index is 11.8. The molecule has 7 heteroatoms. The summed E-state index contributed by atoms with van der Waals surface area (Å²) in [4.78, 5) is 11.5. The predicted molar refractivity (Wildman–Crippen MR) is 71.1 cm³/mol.